The van der Waals surface area contributed by atoms with Gasteiger partial charge in [0.05, 0.1) is 10.9 Å². The van der Waals surface area contributed by atoms with Crippen molar-refractivity contribution in [1.29, 1.82) is 0 Å². The van der Waals surface area contributed by atoms with E-state index in [2.05, 4.69) is 10.3 Å². The van der Waals surface area contributed by atoms with Crippen molar-refractivity contribution in [1.82, 2.24) is 5.32 Å². The Hall–Kier alpha value is -1.41. The number of nitrogens with zero attached hydrogens (tertiary/aromatic N) is 1. The van der Waals surface area contributed by atoms with Crippen molar-refractivity contribution >= 4 is 40.7 Å². The van der Waals surface area contributed by atoms with Crippen molar-refractivity contribution in [2.24, 2.45) is 4.99 Å². The first kappa shape index (κ1) is 17.4. The Labute approximate surface area is 146 Å². The Morgan fingerprint density at radius 2 is 1.88 bits per heavy atom. The van der Waals surface area contributed by atoms with E-state index in [4.69, 9.17) is 0 Å². The molecule has 0 spiro atoms. The normalized spacial score (nSPS) is 22.5. The zero-order chi connectivity index (χ0) is 17.2. The maximum Gasteiger partial charge on any atom is 0.446 e. The first-order valence-corrected chi connectivity index (χ1v) is 9.17. The molecule has 24 heavy (non-hydrogen) atoms. The number of carbonyl (C=O) groups is 1. The van der Waals surface area contributed by atoms with E-state index < -0.39 is 5.51 Å². The summed E-state index contributed by atoms with van der Waals surface area (Å²) in [4.78, 5) is 17.2. The lowest BCUT2D eigenvalue weighted by Crippen LogP contribution is -2.21. The van der Waals surface area contributed by atoms with Crippen LogP contribution in [0.5, 0.6) is 0 Å². The van der Waals surface area contributed by atoms with Crippen molar-refractivity contribution in [3.05, 3.63) is 34.7 Å². The molecule has 1 saturated carbocycles. The highest BCUT2D eigenvalue weighted by Gasteiger charge is 2.29. The molecule has 0 atom stereocenters. The molecule has 1 aromatic carbocycles. The summed E-state index contributed by atoms with van der Waals surface area (Å²) in [6.45, 7) is 0. The number of amides is 1. The molecule has 1 N–H and O–H groups in total. The lowest BCUT2D eigenvalue weighted by molar-refractivity contribution is -0.115. The molecule has 1 heterocycles. The van der Waals surface area contributed by atoms with E-state index in [0.717, 1.165) is 12.8 Å². The minimum absolute atomic E-state index is 0.122. The minimum Gasteiger partial charge on any atom is -0.301 e. The second kappa shape index (κ2) is 7.23. The molecular formula is C16H15F3N2OS2. The molecule has 8 heteroatoms. The van der Waals surface area contributed by atoms with Crippen molar-refractivity contribution < 1.29 is 18.0 Å². The average Bonchev–Trinajstić information content (AvgIpc) is 3.11. The van der Waals surface area contributed by atoms with Crippen LogP contribution in [0.4, 0.5) is 13.2 Å². The number of rotatable bonds is 3. The Balaban J connectivity index is 1.68. The van der Waals surface area contributed by atoms with Crippen molar-refractivity contribution in [3.63, 3.8) is 0 Å². The molecule has 2 fully saturated rings. The highest BCUT2D eigenvalue weighted by Crippen LogP contribution is 2.37. The summed E-state index contributed by atoms with van der Waals surface area (Å²) in [6.07, 6.45) is 6.11. The van der Waals surface area contributed by atoms with Gasteiger partial charge in [-0.2, -0.15) is 13.2 Å². The molecule has 1 aliphatic carbocycles. The fraction of sp³-hybridized carbons (Fsp3) is 0.375. The van der Waals surface area contributed by atoms with Gasteiger partial charge in [-0.15, -0.1) is 0 Å². The van der Waals surface area contributed by atoms with Crippen LogP contribution in [0.3, 0.4) is 0 Å². The molecule has 0 bridgehead atoms. The van der Waals surface area contributed by atoms with E-state index in [9.17, 15) is 18.0 Å². The smallest absolute Gasteiger partial charge is 0.301 e. The molecule has 1 amide bonds. The van der Waals surface area contributed by atoms with E-state index in [-0.39, 0.29) is 28.6 Å². The number of benzene rings is 1. The summed E-state index contributed by atoms with van der Waals surface area (Å²) in [7, 11) is 0. The van der Waals surface area contributed by atoms with Gasteiger partial charge in [-0.25, -0.2) is 0 Å². The third kappa shape index (κ3) is 4.80. The molecule has 0 unspecified atom stereocenters. The first-order valence-electron chi connectivity index (χ1n) is 7.53. The molecule has 1 saturated heterocycles. The number of nitrogens with one attached hydrogen (secondary N) is 1. The number of hydrogen-bond acceptors (Lipinski definition) is 4. The van der Waals surface area contributed by atoms with Crippen LogP contribution in [-0.4, -0.2) is 22.6 Å². The average molecular weight is 372 g/mol. The standard InChI is InChI=1S/C16H15F3N2OS2/c17-16(18,19)24-12-7-5-10(6-8-12)9-13-14(22)21-15(23-13)20-11-3-1-2-4-11/h5-9,11H,1-4H2,(H,20,21,22)/b13-9-. The van der Waals surface area contributed by atoms with E-state index >= 15 is 0 Å². The number of thioether (sulfide) groups is 2. The molecular weight excluding hydrogens is 357 g/mol. The fourth-order valence-electron chi connectivity index (χ4n) is 2.60. The fourth-order valence-corrected chi connectivity index (χ4v) is 4.04. The maximum atomic E-state index is 12.3. The van der Waals surface area contributed by atoms with Gasteiger partial charge in [0.25, 0.3) is 5.91 Å². The van der Waals surface area contributed by atoms with Crippen LogP contribution in [0.25, 0.3) is 6.08 Å². The molecule has 0 radical (unpaired) electrons. The Morgan fingerprint density at radius 3 is 2.50 bits per heavy atom. The largest absolute Gasteiger partial charge is 0.446 e. The Kier molecular flexibility index (Phi) is 5.24. The number of alkyl halides is 3. The summed E-state index contributed by atoms with van der Waals surface area (Å²) in [6, 6.07) is 6.22. The molecule has 1 aromatic rings. The van der Waals surface area contributed by atoms with Crippen molar-refractivity contribution in [3.8, 4) is 0 Å². The summed E-state index contributed by atoms with van der Waals surface area (Å²) in [5.41, 5.74) is -3.62. The lowest BCUT2D eigenvalue weighted by atomic mass is 10.2. The summed E-state index contributed by atoms with van der Waals surface area (Å²) < 4.78 is 36.9. The van der Waals surface area contributed by atoms with Gasteiger partial charge in [-0.1, -0.05) is 25.0 Å². The zero-order valence-electron chi connectivity index (χ0n) is 12.6. The van der Waals surface area contributed by atoms with Crippen LogP contribution in [0.15, 0.2) is 39.1 Å². The zero-order valence-corrected chi connectivity index (χ0v) is 14.2. The molecule has 128 valence electrons. The van der Waals surface area contributed by atoms with E-state index in [1.165, 1.54) is 36.7 Å². The lowest BCUT2D eigenvalue weighted by Gasteiger charge is -2.05. The second-order valence-corrected chi connectivity index (χ2v) is 7.72. The van der Waals surface area contributed by atoms with Gasteiger partial charge in [0.1, 0.15) is 0 Å². The molecule has 0 aromatic heterocycles. The summed E-state index contributed by atoms with van der Waals surface area (Å²) >= 11 is 1.13. The van der Waals surface area contributed by atoms with Crippen LogP contribution in [0.2, 0.25) is 0 Å². The second-order valence-electron chi connectivity index (χ2n) is 5.55. The number of hydrogen-bond donors (Lipinski definition) is 1. The van der Waals surface area contributed by atoms with Gasteiger partial charge < -0.3 is 5.32 Å². The van der Waals surface area contributed by atoms with Crippen LogP contribution in [0, 0.1) is 0 Å². The van der Waals surface area contributed by atoms with Crippen molar-refractivity contribution in [2.45, 2.75) is 42.1 Å². The summed E-state index contributed by atoms with van der Waals surface area (Å²) in [5, 5.41) is 3.36. The minimum atomic E-state index is -4.30. The third-order valence-corrected chi connectivity index (χ3v) is 5.35. The van der Waals surface area contributed by atoms with Gasteiger partial charge in [0.15, 0.2) is 5.17 Å². The molecule has 1 aliphatic heterocycles. The highest BCUT2D eigenvalue weighted by atomic mass is 32.2. The SMILES string of the molecule is O=C1NC(=NC2CCCC2)S/C1=C\c1ccc(SC(F)(F)F)cc1. The van der Waals surface area contributed by atoms with E-state index in [1.807, 2.05) is 0 Å². The number of carbonyl (C=O) groups excluding carboxylic acids is 1. The molecule has 3 rings (SSSR count). The van der Waals surface area contributed by atoms with E-state index in [1.54, 1.807) is 18.2 Å². The maximum absolute atomic E-state index is 12.3. The Bertz CT molecular complexity index is 678. The number of aliphatic imine (C=N–C) groups is 1. The van der Waals surface area contributed by atoms with Gasteiger partial charge in [-0.3, -0.25) is 9.79 Å². The van der Waals surface area contributed by atoms with Crippen LogP contribution < -0.4 is 5.32 Å². The quantitative estimate of drug-likeness (QED) is 0.612. The highest BCUT2D eigenvalue weighted by molar-refractivity contribution is 8.18. The van der Waals surface area contributed by atoms with Crippen molar-refractivity contribution in [2.75, 3.05) is 0 Å². The predicted octanol–water partition coefficient (Wildman–Crippen LogP) is 4.80. The van der Waals surface area contributed by atoms with E-state index in [0.29, 0.717) is 15.6 Å². The van der Waals surface area contributed by atoms with Crippen LogP contribution >= 0.6 is 23.5 Å². The molecule has 3 nitrogen and oxygen atoms in total. The van der Waals surface area contributed by atoms with Gasteiger partial charge in [0.2, 0.25) is 0 Å². The third-order valence-electron chi connectivity index (χ3n) is 3.69. The van der Waals surface area contributed by atoms with Crippen LogP contribution in [-0.2, 0) is 4.79 Å². The first-order chi connectivity index (χ1) is 11.4. The van der Waals surface area contributed by atoms with Gasteiger partial charge in [0, 0.05) is 4.90 Å². The summed E-state index contributed by atoms with van der Waals surface area (Å²) in [5.74, 6) is -0.217. The predicted molar refractivity (Wildman–Crippen MR) is 91.8 cm³/mol. The monoisotopic (exact) mass is 372 g/mol. The number of halogens is 3. The van der Waals surface area contributed by atoms with Gasteiger partial charge in [-0.05, 0) is 60.1 Å². The van der Waals surface area contributed by atoms with Gasteiger partial charge >= 0.3 is 5.51 Å². The number of amidine groups is 1. The van der Waals surface area contributed by atoms with Crippen LogP contribution in [0.1, 0.15) is 31.2 Å². The topological polar surface area (TPSA) is 41.5 Å². The molecule has 2 aliphatic rings. The Morgan fingerprint density at radius 1 is 1.21 bits per heavy atom.